The van der Waals surface area contributed by atoms with Crippen molar-refractivity contribution in [1.29, 1.82) is 0 Å². The lowest BCUT2D eigenvalue weighted by molar-refractivity contribution is 0.0579. The van der Waals surface area contributed by atoms with Crippen LogP contribution < -0.4 is 0 Å². The lowest BCUT2D eigenvalue weighted by Gasteiger charge is -2.37. The molecule has 0 aromatic carbocycles. The Balaban J connectivity index is 1.96. The third-order valence-electron chi connectivity index (χ3n) is 3.79. The predicted octanol–water partition coefficient (Wildman–Crippen LogP) is 2.29. The number of halogens is 1. The average molecular weight is 282 g/mol. The van der Waals surface area contributed by atoms with E-state index >= 15 is 0 Å². The molecule has 5 heteroatoms. The Bertz CT molecular complexity index is 444. The fourth-order valence-electron chi connectivity index (χ4n) is 2.34. The number of piperazine rings is 1. The molecule has 0 aliphatic carbocycles. The van der Waals surface area contributed by atoms with Crippen LogP contribution in [-0.2, 0) is 0 Å². The van der Waals surface area contributed by atoms with Gasteiger partial charge in [-0.15, -0.1) is 0 Å². The largest absolute Gasteiger partial charge is 0.336 e. The molecular weight excluding hydrogens is 262 g/mol. The van der Waals surface area contributed by atoms with Gasteiger partial charge in [0.1, 0.15) is 5.15 Å². The summed E-state index contributed by atoms with van der Waals surface area (Å²) in [5, 5.41) is 0.365. The van der Waals surface area contributed by atoms with Gasteiger partial charge >= 0.3 is 0 Å². The van der Waals surface area contributed by atoms with Crippen molar-refractivity contribution in [3.05, 3.63) is 29.0 Å². The van der Waals surface area contributed by atoms with E-state index in [0.29, 0.717) is 16.8 Å². The van der Waals surface area contributed by atoms with Crippen LogP contribution in [0.15, 0.2) is 18.3 Å². The number of nitrogens with zero attached hydrogens (tertiary/aromatic N) is 3. The van der Waals surface area contributed by atoms with Crippen LogP contribution in [0.4, 0.5) is 0 Å². The third-order valence-corrected chi connectivity index (χ3v) is 4.00. The second kappa shape index (κ2) is 6.35. The molecule has 0 N–H and O–H groups in total. The molecule has 0 saturated carbocycles. The number of pyridine rings is 1. The molecule has 1 unspecified atom stereocenters. The molecule has 0 bridgehead atoms. The van der Waals surface area contributed by atoms with Gasteiger partial charge in [0.25, 0.3) is 5.91 Å². The summed E-state index contributed by atoms with van der Waals surface area (Å²) in [6, 6.07) is 3.94. The summed E-state index contributed by atoms with van der Waals surface area (Å²) >= 11 is 5.82. The fourth-order valence-corrected chi connectivity index (χ4v) is 2.52. The topological polar surface area (TPSA) is 36.4 Å². The van der Waals surface area contributed by atoms with Crippen LogP contribution in [-0.4, -0.2) is 52.9 Å². The summed E-state index contributed by atoms with van der Waals surface area (Å²) in [5.41, 5.74) is 0.622. The number of carbonyl (C=O) groups excluding carboxylic acids is 1. The monoisotopic (exact) mass is 281 g/mol. The maximum atomic E-state index is 12.3. The van der Waals surface area contributed by atoms with Crippen LogP contribution in [0, 0.1) is 0 Å². The first-order chi connectivity index (χ1) is 9.11. The maximum absolute atomic E-state index is 12.3. The minimum Gasteiger partial charge on any atom is -0.336 e. The first-order valence-corrected chi connectivity index (χ1v) is 7.14. The van der Waals surface area contributed by atoms with Crippen molar-refractivity contribution < 1.29 is 4.79 Å². The average Bonchev–Trinajstić information content (AvgIpc) is 2.46. The second-order valence-corrected chi connectivity index (χ2v) is 5.34. The Hall–Kier alpha value is -1.13. The number of rotatable bonds is 3. The van der Waals surface area contributed by atoms with Crippen LogP contribution in [0.5, 0.6) is 0 Å². The van der Waals surface area contributed by atoms with Gasteiger partial charge in [0, 0.05) is 44.0 Å². The number of hydrogen-bond acceptors (Lipinski definition) is 3. The molecule has 4 nitrogen and oxygen atoms in total. The van der Waals surface area contributed by atoms with Gasteiger partial charge in [0.05, 0.1) is 0 Å². The zero-order valence-corrected chi connectivity index (χ0v) is 12.2. The van der Waals surface area contributed by atoms with Gasteiger partial charge in [-0.25, -0.2) is 4.98 Å². The Morgan fingerprint density at radius 3 is 2.68 bits per heavy atom. The van der Waals surface area contributed by atoms with Crippen LogP contribution >= 0.6 is 11.6 Å². The molecule has 1 amide bonds. The van der Waals surface area contributed by atoms with E-state index in [1.165, 1.54) is 0 Å². The predicted molar refractivity (Wildman–Crippen MR) is 76.5 cm³/mol. The molecule has 0 spiro atoms. The lowest BCUT2D eigenvalue weighted by Crippen LogP contribution is -2.51. The summed E-state index contributed by atoms with van der Waals surface area (Å²) in [4.78, 5) is 20.5. The highest BCUT2D eigenvalue weighted by Gasteiger charge is 2.24. The Labute approximate surface area is 119 Å². The van der Waals surface area contributed by atoms with Gasteiger partial charge in [-0.3, -0.25) is 9.69 Å². The normalized spacial score (nSPS) is 18.4. The van der Waals surface area contributed by atoms with E-state index in [1.54, 1.807) is 18.3 Å². The van der Waals surface area contributed by atoms with Crippen molar-refractivity contribution in [2.24, 2.45) is 0 Å². The molecule has 104 valence electrons. The summed E-state index contributed by atoms with van der Waals surface area (Å²) in [6.07, 6.45) is 2.72. The van der Waals surface area contributed by atoms with E-state index in [1.807, 2.05) is 4.90 Å². The summed E-state index contributed by atoms with van der Waals surface area (Å²) in [5.74, 6) is 0.0492. The summed E-state index contributed by atoms with van der Waals surface area (Å²) in [6.45, 7) is 7.88. The molecule has 1 aromatic heterocycles. The van der Waals surface area contributed by atoms with Crippen molar-refractivity contribution in [3.63, 3.8) is 0 Å². The smallest absolute Gasteiger partial charge is 0.254 e. The van der Waals surface area contributed by atoms with E-state index in [9.17, 15) is 4.79 Å². The molecule has 19 heavy (non-hydrogen) atoms. The van der Waals surface area contributed by atoms with Gasteiger partial charge < -0.3 is 4.90 Å². The summed E-state index contributed by atoms with van der Waals surface area (Å²) < 4.78 is 0. The number of amides is 1. The minimum absolute atomic E-state index is 0.0492. The van der Waals surface area contributed by atoms with Crippen LogP contribution in [0.25, 0.3) is 0 Å². The first kappa shape index (κ1) is 14.3. The number of aromatic nitrogens is 1. The maximum Gasteiger partial charge on any atom is 0.254 e. The molecule has 2 rings (SSSR count). The highest BCUT2D eigenvalue weighted by atomic mass is 35.5. The van der Waals surface area contributed by atoms with Crippen LogP contribution in [0.2, 0.25) is 5.15 Å². The zero-order valence-electron chi connectivity index (χ0n) is 11.5. The fraction of sp³-hybridized carbons (Fsp3) is 0.571. The second-order valence-electron chi connectivity index (χ2n) is 4.95. The molecule has 1 aliphatic heterocycles. The molecule has 1 aliphatic rings. The third kappa shape index (κ3) is 3.45. The van der Waals surface area contributed by atoms with E-state index in [0.717, 1.165) is 32.6 Å². The van der Waals surface area contributed by atoms with Crippen molar-refractivity contribution in [1.82, 2.24) is 14.8 Å². The quantitative estimate of drug-likeness (QED) is 0.798. The van der Waals surface area contributed by atoms with Crippen molar-refractivity contribution in [3.8, 4) is 0 Å². The van der Waals surface area contributed by atoms with Gasteiger partial charge in [-0.1, -0.05) is 18.5 Å². The van der Waals surface area contributed by atoms with Crippen molar-refractivity contribution in [2.75, 3.05) is 26.2 Å². The van der Waals surface area contributed by atoms with E-state index in [4.69, 9.17) is 11.6 Å². The lowest BCUT2D eigenvalue weighted by atomic mass is 10.1. The molecule has 1 fully saturated rings. The van der Waals surface area contributed by atoms with Gasteiger partial charge in [0.15, 0.2) is 0 Å². The van der Waals surface area contributed by atoms with Crippen LogP contribution in [0.3, 0.4) is 0 Å². The Morgan fingerprint density at radius 2 is 2.11 bits per heavy atom. The van der Waals surface area contributed by atoms with Crippen molar-refractivity contribution >= 4 is 17.5 Å². The molecule has 1 atom stereocenters. The highest BCUT2D eigenvalue weighted by molar-refractivity contribution is 6.29. The summed E-state index contributed by atoms with van der Waals surface area (Å²) in [7, 11) is 0. The molecule has 2 heterocycles. The minimum atomic E-state index is 0.0492. The van der Waals surface area contributed by atoms with E-state index in [2.05, 4.69) is 23.7 Å². The van der Waals surface area contributed by atoms with Gasteiger partial charge in [-0.2, -0.15) is 0 Å². The molecule has 1 saturated heterocycles. The van der Waals surface area contributed by atoms with Gasteiger partial charge in [0.2, 0.25) is 0 Å². The highest BCUT2D eigenvalue weighted by Crippen LogP contribution is 2.13. The SMILES string of the molecule is CCC(C)N1CCN(C(=O)c2ccnc(Cl)c2)CC1. The van der Waals surface area contributed by atoms with Crippen LogP contribution in [0.1, 0.15) is 30.6 Å². The molecule has 0 radical (unpaired) electrons. The van der Waals surface area contributed by atoms with E-state index in [-0.39, 0.29) is 5.91 Å². The zero-order chi connectivity index (χ0) is 13.8. The standard InChI is InChI=1S/C14H20ClN3O/c1-3-11(2)17-6-8-18(9-7-17)14(19)12-4-5-16-13(15)10-12/h4-5,10-11H,3,6-9H2,1-2H3. The van der Waals surface area contributed by atoms with Crippen molar-refractivity contribution in [2.45, 2.75) is 26.3 Å². The number of hydrogen-bond donors (Lipinski definition) is 0. The van der Waals surface area contributed by atoms with Gasteiger partial charge in [-0.05, 0) is 25.5 Å². The molecule has 1 aromatic rings. The Morgan fingerprint density at radius 1 is 1.42 bits per heavy atom. The van der Waals surface area contributed by atoms with E-state index < -0.39 is 0 Å². The number of carbonyl (C=O) groups is 1. The first-order valence-electron chi connectivity index (χ1n) is 6.76. The Kier molecular flexibility index (Phi) is 4.77. The molecular formula is C14H20ClN3O.